The minimum atomic E-state index is -0.371. The predicted octanol–water partition coefficient (Wildman–Crippen LogP) is 13.8. The van der Waals surface area contributed by atoms with Gasteiger partial charge in [-0.1, -0.05) is 127 Å². The Morgan fingerprint density at radius 2 is 0.852 bits per heavy atom. The van der Waals surface area contributed by atoms with Gasteiger partial charge in [0.15, 0.2) is 22.7 Å². The van der Waals surface area contributed by atoms with Crippen molar-refractivity contribution in [2.24, 2.45) is 0 Å². The van der Waals surface area contributed by atoms with Gasteiger partial charge in [0, 0.05) is 63.4 Å². The summed E-state index contributed by atoms with van der Waals surface area (Å²) in [5.41, 5.74) is 11.8. The van der Waals surface area contributed by atoms with Crippen LogP contribution in [0.3, 0.4) is 0 Å². The maximum Gasteiger partial charge on any atom is 0.267 e. The zero-order chi connectivity index (χ0) is 39.5. The molecule has 61 heavy (non-hydrogen) atoms. The molecule has 5 nitrogen and oxygen atoms in total. The highest BCUT2D eigenvalue weighted by atomic mass is 32.1. The molecule has 0 bridgehead atoms. The van der Waals surface area contributed by atoms with Crippen LogP contribution in [0.25, 0.3) is 108 Å². The van der Waals surface area contributed by atoms with E-state index in [-0.39, 0.29) is 6.71 Å². The first kappa shape index (κ1) is 32.2. The summed E-state index contributed by atoms with van der Waals surface area (Å²) in [6, 6.07) is 57.0. The molecule has 7 heteroatoms. The Labute approximate surface area is 350 Å². The van der Waals surface area contributed by atoms with Crippen LogP contribution in [0.5, 0.6) is 23.0 Å². The Hall–Kier alpha value is -7.74. The third-order valence-corrected chi connectivity index (χ3v) is 14.2. The highest BCUT2D eigenvalue weighted by Gasteiger charge is 2.47. The standard InChI is InChI=1S/C54H27BO5S/c1-2-14-28(15-3-1)30-16-4-5-17-31(30)29-26-39-46-40(27-29)60-53-48(54-45(35-21-9-13-25-41(35)61-54)44-34-20-8-12-24-38(34)58-51(44)53)55(46)47-49-42(32-18-6-10-22-36(32)56-49)43-33-19-7-11-23-37(33)57-50(43)52(47)59-39/h1-27H. The summed E-state index contributed by atoms with van der Waals surface area (Å²) in [4.78, 5) is 0. The smallest absolute Gasteiger partial charge is 0.267 e. The SMILES string of the molecule is c1ccc(-c2ccccc2-c2cc3c4c(c2)Oc2c(c5sc6ccccc6c5c5c2oc2ccccc25)B4c2c(c4oc5ccccc5c4c4c2oc2ccccc24)O3)cc1. The van der Waals surface area contributed by atoms with E-state index in [4.69, 9.17) is 22.7 Å². The number of rotatable bonds is 2. The van der Waals surface area contributed by atoms with Crippen LogP contribution < -0.4 is 25.9 Å². The number of thiophene rings is 1. The first-order valence-corrected chi connectivity index (χ1v) is 21.3. The van der Waals surface area contributed by atoms with Crippen LogP contribution in [0.1, 0.15) is 0 Å². The van der Waals surface area contributed by atoms with Gasteiger partial charge < -0.3 is 22.7 Å². The number of furan rings is 3. The second-order valence-corrected chi connectivity index (χ2v) is 17.2. The summed E-state index contributed by atoms with van der Waals surface area (Å²) in [7, 11) is 0. The lowest BCUT2D eigenvalue weighted by molar-refractivity contribution is 0.460. The van der Waals surface area contributed by atoms with Crippen molar-refractivity contribution >= 4 is 120 Å². The molecule has 15 rings (SSSR count). The van der Waals surface area contributed by atoms with Gasteiger partial charge in [0.1, 0.15) is 33.8 Å². The van der Waals surface area contributed by atoms with Gasteiger partial charge in [-0.05, 0) is 64.1 Å². The Morgan fingerprint density at radius 1 is 0.377 bits per heavy atom. The van der Waals surface area contributed by atoms with Gasteiger partial charge in [0.2, 0.25) is 0 Å². The average molecular weight is 799 g/mol. The molecular formula is C54H27BO5S. The number of ether oxygens (including phenoxy) is 2. The van der Waals surface area contributed by atoms with Crippen molar-refractivity contribution in [3.05, 3.63) is 164 Å². The van der Waals surface area contributed by atoms with Crippen LogP contribution in [0.4, 0.5) is 0 Å². The predicted molar refractivity (Wildman–Crippen MR) is 250 cm³/mol. The fourth-order valence-electron chi connectivity index (χ4n) is 10.5. The molecule has 0 spiro atoms. The van der Waals surface area contributed by atoms with Gasteiger partial charge in [0.05, 0.1) is 0 Å². The molecule has 0 unspecified atom stereocenters. The van der Waals surface area contributed by atoms with E-state index >= 15 is 0 Å². The van der Waals surface area contributed by atoms with Crippen LogP contribution in [0.2, 0.25) is 0 Å². The van der Waals surface area contributed by atoms with Crippen LogP contribution in [-0.4, -0.2) is 6.71 Å². The summed E-state index contributed by atoms with van der Waals surface area (Å²) in [6.45, 7) is -0.371. The molecule has 0 saturated carbocycles. The molecule has 0 atom stereocenters. The molecule has 0 fully saturated rings. The normalized spacial score (nSPS) is 13.1. The van der Waals surface area contributed by atoms with E-state index < -0.39 is 0 Å². The third kappa shape index (κ3) is 4.11. The maximum absolute atomic E-state index is 7.38. The topological polar surface area (TPSA) is 57.9 Å². The Morgan fingerprint density at radius 3 is 1.49 bits per heavy atom. The maximum atomic E-state index is 7.38. The molecule has 0 N–H and O–H groups in total. The summed E-state index contributed by atoms with van der Waals surface area (Å²) in [5.74, 6) is 2.80. The number of hydrogen-bond donors (Lipinski definition) is 0. The molecule has 0 saturated heterocycles. The fourth-order valence-corrected chi connectivity index (χ4v) is 11.8. The van der Waals surface area contributed by atoms with Gasteiger partial charge in [0.25, 0.3) is 6.71 Å². The van der Waals surface area contributed by atoms with Crippen molar-refractivity contribution < 1.29 is 22.7 Å². The molecule has 2 aliphatic rings. The zero-order valence-electron chi connectivity index (χ0n) is 32.1. The quantitative estimate of drug-likeness (QED) is 0.163. The zero-order valence-corrected chi connectivity index (χ0v) is 32.9. The Kier molecular flexibility index (Phi) is 6.07. The molecule has 4 aromatic heterocycles. The van der Waals surface area contributed by atoms with Gasteiger partial charge in [-0.15, -0.1) is 11.3 Å². The number of fused-ring (bicyclic) bond motifs is 22. The number of benzene rings is 9. The molecule has 0 amide bonds. The molecule has 13 aromatic rings. The lowest BCUT2D eigenvalue weighted by Gasteiger charge is -2.33. The molecule has 2 aliphatic heterocycles. The van der Waals surface area contributed by atoms with Crippen molar-refractivity contribution in [2.75, 3.05) is 0 Å². The largest absolute Gasteiger partial charge is 0.456 e. The first-order valence-electron chi connectivity index (χ1n) is 20.5. The second-order valence-electron chi connectivity index (χ2n) is 16.1. The molecule has 0 aliphatic carbocycles. The van der Waals surface area contributed by atoms with E-state index in [0.717, 1.165) is 115 Å². The van der Waals surface area contributed by atoms with Gasteiger partial charge >= 0.3 is 0 Å². The van der Waals surface area contributed by atoms with Crippen LogP contribution >= 0.6 is 11.3 Å². The monoisotopic (exact) mass is 798 g/mol. The molecule has 9 aromatic carbocycles. The second kappa shape index (κ2) is 11.5. The van der Waals surface area contributed by atoms with Crippen LogP contribution in [0, 0.1) is 0 Å². The first-order chi connectivity index (χ1) is 30.3. The minimum Gasteiger partial charge on any atom is -0.456 e. The van der Waals surface area contributed by atoms with E-state index in [1.165, 1.54) is 15.5 Å². The summed E-state index contributed by atoms with van der Waals surface area (Å²) < 4.78 is 38.1. The van der Waals surface area contributed by atoms with Crippen molar-refractivity contribution in [3.8, 4) is 45.3 Å². The van der Waals surface area contributed by atoms with Crippen LogP contribution in [-0.2, 0) is 0 Å². The van der Waals surface area contributed by atoms with Crippen molar-refractivity contribution in [2.45, 2.75) is 0 Å². The summed E-state index contributed by atoms with van der Waals surface area (Å²) in [6.07, 6.45) is 0. The van der Waals surface area contributed by atoms with Gasteiger partial charge in [-0.25, -0.2) is 0 Å². The molecule has 282 valence electrons. The van der Waals surface area contributed by atoms with Gasteiger partial charge in [-0.3, -0.25) is 0 Å². The van der Waals surface area contributed by atoms with E-state index in [1.54, 1.807) is 11.3 Å². The highest BCUT2D eigenvalue weighted by Crippen LogP contribution is 2.52. The minimum absolute atomic E-state index is 0.371. The fraction of sp³-hybridized carbons (Fsp3) is 0. The van der Waals surface area contributed by atoms with E-state index in [2.05, 4.69) is 140 Å². The Bertz CT molecular complexity index is 3860. The summed E-state index contributed by atoms with van der Waals surface area (Å²) in [5, 5.41) is 8.52. The van der Waals surface area contributed by atoms with E-state index in [0.29, 0.717) is 17.1 Å². The van der Waals surface area contributed by atoms with E-state index in [1.807, 2.05) is 24.3 Å². The van der Waals surface area contributed by atoms with Crippen molar-refractivity contribution in [3.63, 3.8) is 0 Å². The Balaban J connectivity index is 1.15. The number of hydrogen-bond acceptors (Lipinski definition) is 6. The molecule has 0 radical (unpaired) electrons. The lowest BCUT2D eigenvalue weighted by Crippen LogP contribution is -2.57. The average Bonchev–Trinajstić information content (AvgIpc) is 4.09. The van der Waals surface area contributed by atoms with Crippen LogP contribution in [0.15, 0.2) is 177 Å². The molecule has 6 heterocycles. The highest BCUT2D eigenvalue weighted by molar-refractivity contribution is 7.28. The van der Waals surface area contributed by atoms with Gasteiger partial charge in [-0.2, -0.15) is 0 Å². The van der Waals surface area contributed by atoms with Crippen molar-refractivity contribution in [1.29, 1.82) is 0 Å². The number of para-hydroxylation sites is 3. The van der Waals surface area contributed by atoms with E-state index in [9.17, 15) is 0 Å². The third-order valence-electron chi connectivity index (χ3n) is 13.0. The lowest BCUT2D eigenvalue weighted by atomic mass is 9.34. The van der Waals surface area contributed by atoms with Crippen molar-refractivity contribution in [1.82, 2.24) is 0 Å². The molecular weight excluding hydrogens is 771 g/mol. The summed E-state index contributed by atoms with van der Waals surface area (Å²) >= 11 is 1.80.